The third-order valence-corrected chi connectivity index (χ3v) is 5.67. The van der Waals surface area contributed by atoms with Crippen LogP contribution in [0.3, 0.4) is 0 Å². The Morgan fingerprint density at radius 3 is 2.95 bits per heavy atom. The first-order valence-corrected chi connectivity index (χ1v) is 8.80. The lowest BCUT2D eigenvalue weighted by Crippen LogP contribution is -2.44. The molecule has 0 amide bonds. The minimum absolute atomic E-state index is 0.617. The summed E-state index contributed by atoms with van der Waals surface area (Å²) in [5.41, 5.74) is 2.56. The molecule has 2 saturated carbocycles. The number of aromatic nitrogens is 1. The molecule has 3 atom stereocenters. The SMILES string of the molecule is S=C(NCCc1c[nH]c2ccccc12)N[C@H]1C[C@H]2CC[C@@H]1C2. The van der Waals surface area contributed by atoms with Crippen LogP contribution in [-0.2, 0) is 6.42 Å². The van der Waals surface area contributed by atoms with Gasteiger partial charge in [-0.15, -0.1) is 0 Å². The average Bonchev–Trinajstić information content (AvgIpc) is 3.23. The molecule has 0 saturated heterocycles. The van der Waals surface area contributed by atoms with Gasteiger partial charge in [-0.05, 0) is 61.4 Å². The van der Waals surface area contributed by atoms with Crippen molar-refractivity contribution in [1.29, 1.82) is 0 Å². The van der Waals surface area contributed by atoms with E-state index < -0.39 is 0 Å². The Labute approximate surface area is 136 Å². The van der Waals surface area contributed by atoms with Gasteiger partial charge in [-0.3, -0.25) is 0 Å². The number of hydrogen-bond donors (Lipinski definition) is 3. The molecule has 2 aliphatic carbocycles. The van der Waals surface area contributed by atoms with Gasteiger partial charge in [0.2, 0.25) is 0 Å². The highest BCUT2D eigenvalue weighted by molar-refractivity contribution is 7.80. The van der Waals surface area contributed by atoms with E-state index in [1.165, 1.54) is 42.1 Å². The van der Waals surface area contributed by atoms with Crippen molar-refractivity contribution in [3.63, 3.8) is 0 Å². The lowest BCUT2D eigenvalue weighted by Gasteiger charge is -2.24. The molecule has 2 aliphatic rings. The van der Waals surface area contributed by atoms with Crippen LogP contribution in [0.5, 0.6) is 0 Å². The van der Waals surface area contributed by atoms with E-state index in [1.807, 2.05) is 0 Å². The van der Waals surface area contributed by atoms with Crippen molar-refractivity contribution < 1.29 is 0 Å². The fourth-order valence-corrected chi connectivity index (χ4v) is 4.54. The number of rotatable bonds is 4. The molecule has 0 unspecified atom stereocenters. The molecule has 4 heteroatoms. The van der Waals surface area contributed by atoms with Crippen LogP contribution >= 0.6 is 12.2 Å². The van der Waals surface area contributed by atoms with Crippen LogP contribution in [0.1, 0.15) is 31.2 Å². The molecule has 3 N–H and O–H groups in total. The van der Waals surface area contributed by atoms with Gasteiger partial charge < -0.3 is 15.6 Å². The number of fused-ring (bicyclic) bond motifs is 3. The first kappa shape index (κ1) is 14.1. The van der Waals surface area contributed by atoms with Crippen LogP contribution in [0.2, 0.25) is 0 Å². The highest BCUT2D eigenvalue weighted by Gasteiger charge is 2.39. The molecular formula is C18H23N3S. The normalized spacial score (nSPS) is 26.5. The van der Waals surface area contributed by atoms with Crippen LogP contribution in [0.25, 0.3) is 10.9 Å². The van der Waals surface area contributed by atoms with Crippen molar-refractivity contribution in [2.24, 2.45) is 11.8 Å². The van der Waals surface area contributed by atoms with Crippen molar-refractivity contribution in [1.82, 2.24) is 15.6 Å². The van der Waals surface area contributed by atoms with E-state index in [2.05, 4.69) is 46.1 Å². The van der Waals surface area contributed by atoms with Crippen molar-refractivity contribution in [3.8, 4) is 0 Å². The number of H-pyrrole nitrogens is 1. The summed E-state index contributed by atoms with van der Waals surface area (Å²) in [5, 5.41) is 9.07. The summed E-state index contributed by atoms with van der Waals surface area (Å²) < 4.78 is 0. The van der Waals surface area contributed by atoms with Crippen molar-refractivity contribution in [2.75, 3.05) is 6.54 Å². The maximum absolute atomic E-state index is 5.47. The summed E-state index contributed by atoms with van der Waals surface area (Å²) >= 11 is 5.47. The van der Waals surface area contributed by atoms with Gasteiger partial charge in [0.25, 0.3) is 0 Å². The monoisotopic (exact) mass is 313 g/mol. The van der Waals surface area contributed by atoms with Crippen molar-refractivity contribution in [2.45, 2.75) is 38.1 Å². The molecule has 1 aromatic carbocycles. The Bertz CT molecular complexity index is 678. The molecule has 1 aromatic heterocycles. The molecule has 3 nitrogen and oxygen atoms in total. The van der Waals surface area contributed by atoms with E-state index in [0.29, 0.717) is 6.04 Å². The molecule has 4 rings (SSSR count). The fraction of sp³-hybridized carbons (Fsp3) is 0.500. The van der Waals surface area contributed by atoms with E-state index in [0.717, 1.165) is 29.9 Å². The van der Waals surface area contributed by atoms with Crippen LogP contribution in [0.4, 0.5) is 0 Å². The quantitative estimate of drug-likeness (QED) is 0.758. The second kappa shape index (κ2) is 5.92. The van der Waals surface area contributed by atoms with E-state index in [-0.39, 0.29) is 0 Å². The fourth-order valence-electron chi connectivity index (χ4n) is 4.29. The molecule has 2 aromatic rings. The highest BCUT2D eigenvalue weighted by Crippen LogP contribution is 2.44. The van der Waals surface area contributed by atoms with Crippen LogP contribution in [0.15, 0.2) is 30.5 Å². The Hall–Kier alpha value is -1.55. The minimum atomic E-state index is 0.617. The number of hydrogen-bond acceptors (Lipinski definition) is 1. The van der Waals surface area contributed by atoms with E-state index >= 15 is 0 Å². The molecule has 2 bridgehead atoms. The summed E-state index contributed by atoms with van der Waals surface area (Å²) in [6, 6.07) is 9.07. The third-order valence-electron chi connectivity index (χ3n) is 5.41. The smallest absolute Gasteiger partial charge is 0.166 e. The van der Waals surface area contributed by atoms with Gasteiger partial charge in [-0.25, -0.2) is 0 Å². The Morgan fingerprint density at radius 2 is 2.14 bits per heavy atom. The lowest BCUT2D eigenvalue weighted by atomic mass is 9.96. The first-order valence-electron chi connectivity index (χ1n) is 8.39. The Balaban J connectivity index is 1.27. The van der Waals surface area contributed by atoms with Gasteiger partial charge in [0.15, 0.2) is 5.11 Å². The lowest BCUT2D eigenvalue weighted by molar-refractivity contribution is 0.389. The van der Waals surface area contributed by atoms with E-state index in [9.17, 15) is 0 Å². The first-order chi connectivity index (χ1) is 10.8. The van der Waals surface area contributed by atoms with E-state index in [4.69, 9.17) is 12.2 Å². The van der Waals surface area contributed by atoms with Crippen molar-refractivity contribution in [3.05, 3.63) is 36.0 Å². The van der Waals surface area contributed by atoms with Gasteiger partial charge in [0, 0.05) is 29.7 Å². The largest absolute Gasteiger partial charge is 0.362 e. The van der Waals surface area contributed by atoms with Gasteiger partial charge in [0.05, 0.1) is 0 Å². The summed E-state index contributed by atoms with van der Waals surface area (Å²) in [7, 11) is 0. The average molecular weight is 313 g/mol. The number of para-hydroxylation sites is 1. The van der Waals surface area contributed by atoms with Gasteiger partial charge in [-0.1, -0.05) is 24.6 Å². The zero-order valence-electron chi connectivity index (χ0n) is 12.8. The molecular weight excluding hydrogens is 290 g/mol. The van der Waals surface area contributed by atoms with Gasteiger partial charge in [-0.2, -0.15) is 0 Å². The minimum Gasteiger partial charge on any atom is -0.362 e. The maximum Gasteiger partial charge on any atom is 0.166 e. The van der Waals surface area contributed by atoms with Gasteiger partial charge >= 0.3 is 0 Å². The second-order valence-electron chi connectivity index (χ2n) is 6.79. The molecule has 0 spiro atoms. The Morgan fingerprint density at radius 1 is 1.23 bits per heavy atom. The van der Waals surface area contributed by atoms with Crippen molar-refractivity contribution >= 4 is 28.2 Å². The molecule has 1 heterocycles. The Kier molecular flexibility index (Phi) is 3.78. The van der Waals surface area contributed by atoms with Crippen LogP contribution in [0, 0.1) is 11.8 Å². The molecule has 116 valence electrons. The number of thiocarbonyl (C=S) groups is 1. The molecule has 0 radical (unpaired) electrons. The van der Waals surface area contributed by atoms with Crippen LogP contribution in [-0.4, -0.2) is 22.7 Å². The zero-order valence-corrected chi connectivity index (χ0v) is 13.6. The summed E-state index contributed by atoms with van der Waals surface area (Å²) in [6.45, 7) is 0.883. The standard InChI is InChI=1S/C18H23N3S/c22-18(21-17-10-12-5-6-13(17)9-12)19-8-7-14-11-20-16-4-2-1-3-15(14)16/h1-4,11-13,17,20H,5-10H2,(H2,19,21,22)/t12-,13+,17-/m0/s1. The van der Waals surface area contributed by atoms with Crippen LogP contribution < -0.4 is 10.6 Å². The topological polar surface area (TPSA) is 39.9 Å². The molecule has 22 heavy (non-hydrogen) atoms. The summed E-state index contributed by atoms with van der Waals surface area (Å²) in [6.07, 6.45) is 8.65. The number of nitrogens with one attached hydrogen (secondary N) is 3. The predicted octanol–water partition coefficient (Wildman–Crippen LogP) is 3.36. The predicted molar refractivity (Wildman–Crippen MR) is 95.0 cm³/mol. The number of benzene rings is 1. The van der Waals surface area contributed by atoms with E-state index in [1.54, 1.807) is 0 Å². The zero-order chi connectivity index (χ0) is 14.9. The summed E-state index contributed by atoms with van der Waals surface area (Å²) in [4.78, 5) is 3.33. The van der Waals surface area contributed by atoms with Gasteiger partial charge in [0.1, 0.15) is 0 Å². The second-order valence-corrected chi connectivity index (χ2v) is 7.20. The summed E-state index contributed by atoms with van der Waals surface area (Å²) in [5.74, 6) is 1.81. The highest BCUT2D eigenvalue weighted by atomic mass is 32.1. The third kappa shape index (κ3) is 2.72. The maximum atomic E-state index is 5.47. The molecule has 2 fully saturated rings. The molecule has 0 aliphatic heterocycles. The number of aromatic amines is 1.